The second-order valence-electron chi connectivity index (χ2n) is 2.83. The van der Waals surface area contributed by atoms with Crippen LogP contribution in [0.3, 0.4) is 0 Å². The first kappa shape index (κ1) is 11.0. The van der Waals surface area contributed by atoms with Crippen molar-refractivity contribution >= 4 is 27.4 Å². The van der Waals surface area contributed by atoms with Gasteiger partial charge in [-0.2, -0.15) is 0 Å². The second-order valence-corrected chi connectivity index (χ2v) is 3.63. The highest BCUT2D eigenvalue weighted by Crippen LogP contribution is 2.34. The number of carbonyl (C=O) groups is 1. The maximum absolute atomic E-state index is 11.3. The summed E-state index contributed by atoms with van der Waals surface area (Å²) in [6, 6.07) is 3.36. The van der Waals surface area contributed by atoms with Gasteiger partial charge >= 0.3 is 0 Å². The molecule has 1 rings (SSSR count). The Hall–Kier alpha value is -1.03. The van der Waals surface area contributed by atoms with Gasteiger partial charge in [0.25, 0.3) is 0 Å². The molecular weight excluding hydrogens is 246 g/mol. The second kappa shape index (κ2) is 4.46. The molecule has 0 aliphatic rings. The summed E-state index contributed by atoms with van der Waals surface area (Å²) >= 11 is 3.30. The quantitative estimate of drug-likeness (QED) is 0.669. The standard InChI is InChI=1S/C10H12BrNO2/c1-3-14-10-7(6(2)13)4-5-8(12)9(10)11/h4-5H,3,12H2,1-2H3. The van der Waals surface area contributed by atoms with Gasteiger partial charge < -0.3 is 10.5 Å². The predicted octanol–water partition coefficient (Wildman–Crippen LogP) is 2.63. The largest absolute Gasteiger partial charge is 0.492 e. The summed E-state index contributed by atoms with van der Waals surface area (Å²) in [5, 5.41) is 0. The van der Waals surface area contributed by atoms with Crippen LogP contribution in [-0.4, -0.2) is 12.4 Å². The first-order valence-corrected chi connectivity index (χ1v) is 5.09. The van der Waals surface area contributed by atoms with E-state index in [0.717, 1.165) is 0 Å². The molecule has 3 nitrogen and oxygen atoms in total. The highest BCUT2D eigenvalue weighted by Gasteiger charge is 2.13. The number of hydrogen-bond donors (Lipinski definition) is 1. The minimum atomic E-state index is -0.0332. The monoisotopic (exact) mass is 257 g/mol. The van der Waals surface area contributed by atoms with Crippen LogP contribution < -0.4 is 10.5 Å². The van der Waals surface area contributed by atoms with Crippen LogP contribution in [0.2, 0.25) is 0 Å². The fourth-order valence-electron chi connectivity index (χ4n) is 1.13. The first-order chi connectivity index (χ1) is 6.57. The van der Waals surface area contributed by atoms with E-state index in [0.29, 0.717) is 28.1 Å². The Morgan fingerprint density at radius 3 is 2.71 bits per heavy atom. The zero-order valence-electron chi connectivity index (χ0n) is 8.13. The molecule has 0 heterocycles. The van der Waals surface area contributed by atoms with Crippen molar-refractivity contribution in [1.29, 1.82) is 0 Å². The molecule has 2 N–H and O–H groups in total. The van der Waals surface area contributed by atoms with Gasteiger partial charge in [0.1, 0.15) is 5.75 Å². The average Bonchev–Trinajstić information content (AvgIpc) is 2.13. The van der Waals surface area contributed by atoms with E-state index < -0.39 is 0 Å². The maximum Gasteiger partial charge on any atom is 0.163 e. The molecule has 1 aromatic rings. The Bertz CT molecular complexity index is 363. The molecule has 1 aromatic carbocycles. The van der Waals surface area contributed by atoms with Crippen LogP contribution in [0, 0.1) is 0 Å². The number of ether oxygens (including phenoxy) is 1. The normalized spacial score (nSPS) is 9.93. The molecular formula is C10H12BrNO2. The summed E-state index contributed by atoms with van der Waals surface area (Å²) in [6.07, 6.45) is 0. The van der Waals surface area contributed by atoms with E-state index in [9.17, 15) is 4.79 Å². The molecule has 76 valence electrons. The Morgan fingerprint density at radius 1 is 1.57 bits per heavy atom. The molecule has 0 spiro atoms. The number of hydrogen-bond acceptors (Lipinski definition) is 3. The lowest BCUT2D eigenvalue weighted by molar-refractivity contribution is 0.101. The number of Topliss-reactive ketones (excluding diaryl/α,β-unsaturated/α-hetero) is 1. The van der Waals surface area contributed by atoms with Crippen LogP contribution in [-0.2, 0) is 0 Å². The van der Waals surface area contributed by atoms with Crippen molar-refractivity contribution in [3.8, 4) is 5.75 Å². The lowest BCUT2D eigenvalue weighted by atomic mass is 10.1. The lowest BCUT2D eigenvalue weighted by Crippen LogP contribution is -2.03. The van der Waals surface area contributed by atoms with Crippen LogP contribution in [0.4, 0.5) is 5.69 Å². The molecule has 0 unspecified atom stereocenters. The molecule has 0 saturated carbocycles. The minimum Gasteiger partial charge on any atom is -0.492 e. The first-order valence-electron chi connectivity index (χ1n) is 4.29. The Labute approximate surface area is 91.4 Å². The van der Waals surface area contributed by atoms with Crippen LogP contribution in [0.25, 0.3) is 0 Å². The number of ketones is 1. The van der Waals surface area contributed by atoms with Gasteiger partial charge in [0.15, 0.2) is 5.78 Å². The highest BCUT2D eigenvalue weighted by atomic mass is 79.9. The van der Waals surface area contributed by atoms with Gasteiger partial charge in [0.05, 0.1) is 16.6 Å². The smallest absolute Gasteiger partial charge is 0.163 e. The van der Waals surface area contributed by atoms with E-state index >= 15 is 0 Å². The summed E-state index contributed by atoms with van der Waals surface area (Å²) in [4.78, 5) is 11.3. The van der Waals surface area contributed by atoms with E-state index in [-0.39, 0.29) is 5.78 Å². The van der Waals surface area contributed by atoms with E-state index in [1.807, 2.05) is 6.92 Å². The Morgan fingerprint density at radius 2 is 2.21 bits per heavy atom. The molecule has 0 amide bonds. The summed E-state index contributed by atoms with van der Waals surface area (Å²) in [7, 11) is 0. The summed E-state index contributed by atoms with van der Waals surface area (Å²) in [5.74, 6) is 0.495. The zero-order valence-corrected chi connectivity index (χ0v) is 9.72. The predicted molar refractivity (Wildman–Crippen MR) is 59.7 cm³/mol. The molecule has 0 fully saturated rings. The van der Waals surface area contributed by atoms with Crippen LogP contribution in [0.5, 0.6) is 5.75 Å². The van der Waals surface area contributed by atoms with Crippen molar-refractivity contribution in [3.63, 3.8) is 0 Å². The summed E-state index contributed by atoms with van der Waals surface area (Å²) < 4.78 is 6.01. The molecule has 0 aromatic heterocycles. The molecule has 0 atom stereocenters. The number of rotatable bonds is 3. The summed E-state index contributed by atoms with van der Waals surface area (Å²) in [6.45, 7) is 3.86. The summed E-state index contributed by atoms with van der Waals surface area (Å²) in [5.41, 5.74) is 6.80. The van der Waals surface area contributed by atoms with E-state index in [2.05, 4.69) is 15.9 Å². The van der Waals surface area contributed by atoms with E-state index in [1.54, 1.807) is 12.1 Å². The number of benzene rings is 1. The minimum absolute atomic E-state index is 0.0332. The maximum atomic E-state index is 11.3. The van der Waals surface area contributed by atoms with Gasteiger partial charge in [0.2, 0.25) is 0 Å². The SMILES string of the molecule is CCOc1c(C(C)=O)ccc(N)c1Br. The molecule has 0 bridgehead atoms. The average molecular weight is 258 g/mol. The molecule has 0 aliphatic carbocycles. The molecule has 0 aliphatic heterocycles. The zero-order chi connectivity index (χ0) is 10.7. The van der Waals surface area contributed by atoms with Gasteiger partial charge in [-0.15, -0.1) is 0 Å². The fourth-order valence-corrected chi connectivity index (χ4v) is 1.59. The van der Waals surface area contributed by atoms with Gasteiger partial charge in [-0.25, -0.2) is 0 Å². The molecule has 4 heteroatoms. The third-order valence-corrected chi connectivity index (χ3v) is 2.61. The number of nitrogen functional groups attached to an aromatic ring is 1. The lowest BCUT2D eigenvalue weighted by Gasteiger charge is -2.11. The van der Waals surface area contributed by atoms with E-state index in [4.69, 9.17) is 10.5 Å². The topological polar surface area (TPSA) is 52.3 Å². The van der Waals surface area contributed by atoms with Crippen molar-refractivity contribution in [3.05, 3.63) is 22.2 Å². The molecule has 14 heavy (non-hydrogen) atoms. The van der Waals surface area contributed by atoms with Gasteiger partial charge in [-0.05, 0) is 41.9 Å². The van der Waals surface area contributed by atoms with Gasteiger partial charge in [-0.1, -0.05) is 0 Å². The molecule has 0 radical (unpaired) electrons. The van der Waals surface area contributed by atoms with Crippen LogP contribution >= 0.6 is 15.9 Å². The van der Waals surface area contributed by atoms with Crippen molar-refractivity contribution in [2.24, 2.45) is 0 Å². The fraction of sp³-hybridized carbons (Fsp3) is 0.300. The van der Waals surface area contributed by atoms with E-state index in [1.165, 1.54) is 6.92 Å². The number of nitrogens with two attached hydrogens (primary N) is 1. The van der Waals surface area contributed by atoms with Crippen LogP contribution in [0.15, 0.2) is 16.6 Å². The number of anilines is 1. The third-order valence-electron chi connectivity index (χ3n) is 1.79. The van der Waals surface area contributed by atoms with Crippen LogP contribution in [0.1, 0.15) is 24.2 Å². The van der Waals surface area contributed by atoms with Crippen molar-refractivity contribution in [2.75, 3.05) is 12.3 Å². The Kier molecular flexibility index (Phi) is 3.52. The number of halogens is 1. The third kappa shape index (κ3) is 2.07. The van der Waals surface area contributed by atoms with Crippen molar-refractivity contribution < 1.29 is 9.53 Å². The van der Waals surface area contributed by atoms with Crippen molar-refractivity contribution in [2.45, 2.75) is 13.8 Å². The molecule has 0 saturated heterocycles. The van der Waals surface area contributed by atoms with Gasteiger partial charge in [-0.3, -0.25) is 4.79 Å². The van der Waals surface area contributed by atoms with Crippen molar-refractivity contribution in [1.82, 2.24) is 0 Å². The Balaban J connectivity index is 3.29. The number of carbonyl (C=O) groups excluding carboxylic acids is 1. The highest BCUT2D eigenvalue weighted by molar-refractivity contribution is 9.10. The van der Waals surface area contributed by atoms with Gasteiger partial charge in [0, 0.05) is 5.69 Å².